The topological polar surface area (TPSA) is 12.5 Å². The quantitative estimate of drug-likeness (QED) is 0.847. The van der Waals surface area contributed by atoms with E-state index in [1.165, 1.54) is 11.1 Å². The zero-order chi connectivity index (χ0) is 13.8. The lowest BCUT2D eigenvalue weighted by Gasteiger charge is -2.35. The number of nitrogens with zero attached hydrogens (tertiary/aromatic N) is 1. The van der Waals surface area contributed by atoms with Crippen LogP contribution in [0.15, 0.2) is 60.7 Å². The Hall–Kier alpha value is -1.64. The molecule has 2 nitrogen and oxygen atoms in total. The van der Waals surface area contributed by atoms with Gasteiger partial charge in [-0.3, -0.25) is 0 Å². The number of benzene rings is 2. The van der Waals surface area contributed by atoms with E-state index in [0.29, 0.717) is 5.92 Å². The summed E-state index contributed by atoms with van der Waals surface area (Å²) in [4.78, 5) is 2.35. The van der Waals surface area contributed by atoms with Crippen molar-refractivity contribution in [2.45, 2.75) is 12.0 Å². The smallest absolute Gasteiger partial charge is 0.0811 e. The molecule has 2 aromatic carbocycles. The van der Waals surface area contributed by atoms with Gasteiger partial charge in [-0.15, -0.1) is 0 Å². The van der Waals surface area contributed by atoms with E-state index in [4.69, 9.17) is 4.74 Å². The average Bonchev–Trinajstić information content (AvgIpc) is 2.50. The highest BCUT2D eigenvalue weighted by Crippen LogP contribution is 2.31. The van der Waals surface area contributed by atoms with E-state index < -0.39 is 0 Å². The molecule has 104 valence electrons. The van der Waals surface area contributed by atoms with Gasteiger partial charge in [-0.25, -0.2) is 0 Å². The van der Waals surface area contributed by atoms with Gasteiger partial charge in [-0.2, -0.15) is 0 Å². The van der Waals surface area contributed by atoms with Crippen LogP contribution in [0.4, 0.5) is 0 Å². The SMILES string of the molecule is CN1CCOC(C(c2ccccc2)c2ccccc2)C1. The van der Waals surface area contributed by atoms with E-state index in [-0.39, 0.29) is 6.10 Å². The Morgan fingerprint density at radius 2 is 1.50 bits per heavy atom. The molecule has 1 fully saturated rings. The Morgan fingerprint density at radius 1 is 0.950 bits per heavy atom. The van der Waals surface area contributed by atoms with Gasteiger partial charge in [0.05, 0.1) is 12.7 Å². The molecule has 0 spiro atoms. The Balaban J connectivity index is 1.95. The third kappa shape index (κ3) is 2.92. The van der Waals surface area contributed by atoms with Crippen LogP contribution in [0.5, 0.6) is 0 Å². The van der Waals surface area contributed by atoms with Gasteiger partial charge in [-0.05, 0) is 18.2 Å². The summed E-state index contributed by atoms with van der Waals surface area (Å²) in [5.41, 5.74) is 2.66. The second kappa shape index (κ2) is 6.21. The molecule has 1 heterocycles. The number of likely N-dealkylation sites (N-methyl/N-ethyl adjacent to an activating group) is 1. The first-order valence-electron chi connectivity index (χ1n) is 7.24. The summed E-state index contributed by atoms with van der Waals surface area (Å²) in [6.07, 6.45) is 0.221. The molecule has 1 aliphatic heterocycles. The molecule has 1 saturated heterocycles. The molecule has 0 amide bonds. The van der Waals surface area contributed by atoms with Crippen molar-refractivity contribution in [3.63, 3.8) is 0 Å². The fourth-order valence-corrected chi connectivity index (χ4v) is 2.96. The van der Waals surface area contributed by atoms with E-state index >= 15 is 0 Å². The largest absolute Gasteiger partial charge is 0.375 e. The molecule has 20 heavy (non-hydrogen) atoms. The third-order valence-electron chi connectivity index (χ3n) is 3.99. The Kier molecular flexibility index (Phi) is 4.14. The van der Waals surface area contributed by atoms with Crippen molar-refractivity contribution in [3.05, 3.63) is 71.8 Å². The molecular weight excluding hydrogens is 246 g/mol. The molecule has 1 aliphatic rings. The van der Waals surface area contributed by atoms with E-state index in [1.807, 2.05) is 0 Å². The van der Waals surface area contributed by atoms with E-state index in [2.05, 4.69) is 72.6 Å². The first-order valence-corrected chi connectivity index (χ1v) is 7.24. The lowest BCUT2D eigenvalue weighted by atomic mass is 9.86. The standard InChI is InChI=1S/C18H21NO/c1-19-12-13-20-17(14-19)18(15-8-4-2-5-9-15)16-10-6-3-7-11-16/h2-11,17-18H,12-14H2,1H3. The number of morpholine rings is 1. The van der Waals surface area contributed by atoms with E-state index in [9.17, 15) is 0 Å². The molecule has 0 N–H and O–H groups in total. The van der Waals surface area contributed by atoms with Crippen LogP contribution in [-0.2, 0) is 4.74 Å². The average molecular weight is 267 g/mol. The zero-order valence-electron chi connectivity index (χ0n) is 11.9. The minimum Gasteiger partial charge on any atom is -0.375 e. The first-order chi connectivity index (χ1) is 9.84. The summed E-state index contributed by atoms with van der Waals surface area (Å²) in [7, 11) is 2.17. The van der Waals surface area contributed by atoms with Crippen molar-refractivity contribution in [3.8, 4) is 0 Å². The van der Waals surface area contributed by atoms with Gasteiger partial charge in [0.15, 0.2) is 0 Å². The molecule has 0 saturated carbocycles. The van der Waals surface area contributed by atoms with Gasteiger partial charge in [0.2, 0.25) is 0 Å². The van der Waals surface area contributed by atoms with Crippen LogP contribution in [0.2, 0.25) is 0 Å². The van der Waals surface area contributed by atoms with Gasteiger partial charge in [0, 0.05) is 19.0 Å². The normalized spacial score (nSPS) is 20.2. The minimum absolute atomic E-state index is 0.221. The van der Waals surface area contributed by atoms with Gasteiger partial charge >= 0.3 is 0 Å². The predicted octanol–water partition coefficient (Wildman–Crippen LogP) is 3.15. The molecule has 0 radical (unpaired) electrons. The highest BCUT2D eigenvalue weighted by molar-refractivity contribution is 5.34. The zero-order valence-corrected chi connectivity index (χ0v) is 11.9. The van der Waals surface area contributed by atoms with Crippen molar-refractivity contribution < 1.29 is 4.74 Å². The molecule has 2 aromatic rings. The summed E-state index contributed by atoms with van der Waals surface area (Å²) in [5, 5.41) is 0. The molecule has 1 atom stereocenters. The van der Waals surface area contributed by atoms with Crippen LogP contribution in [0.1, 0.15) is 17.0 Å². The third-order valence-corrected chi connectivity index (χ3v) is 3.99. The summed E-state index contributed by atoms with van der Waals surface area (Å²) >= 11 is 0. The van der Waals surface area contributed by atoms with Crippen molar-refractivity contribution in [2.75, 3.05) is 26.7 Å². The van der Waals surface area contributed by atoms with Gasteiger partial charge in [-0.1, -0.05) is 60.7 Å². The summed E-state index contributed by atoms with van der Waals surface area (Å²) < 4.78 is 6.08. The molecule has 2 heteroatoms. The van der Waals surface area contributed by atoms with Crippen LogP contribution >= 0.6 is 0 Å². The van der Waals surface area contributed by atoms with Gasteiger partial charge < -0.3 is 9.64 Å². The van der Waals surface area contributed by atoms with E-state index in [1.54, 1.807) is 0 Å². The van der Waals surface area contributed by atoms with Crippen LogP contribution in [0.25, 0.3) is 0 Å². The maximum Gasteiger partial charge on any atom is 0.0811 e. The summed E-state index contributed by atoms with van der Waals surface area (Å²) in [6.45, 7) is 2.82. The highest BCUT2D eigenvalue weighted by atomic mass is 16.5. The predicted molar refractivity (Wildman–Crippen MR) is 82.0 cm³/mol. The molecule has 1 unspecified atom stereocenters. The van der Waals surface area contributed by atoms with Crippen LogP contribution in [0, 0.1) is 0 Å². The van der Waals surface area contributed by atoms with E-state index in [0.717, 1.165) is 19.7 Å². The van der Waals surface area contributed by atoms with Crippen LogP contribution < -0.4 is 0 Å². The number of rotatable bonds is 3. The van der Waals surface area contributed by atoms with Crippen LogP contribution in [-0.4, -0.2) is 37.7 Å². The lowest BCUT2D eigenvalue weighted by molar-refractivity contribution is -0.0273. The first kappa shape index (κ1) is 13.3. The maximum atomic E-state index is 6.08. The number of hydrogen-bond acceptors (Lipinski definition) is 2. The molecule has 0 bridgehead atoms. The second-order valence-corrected chi connectivity index (χ2v) is 5.47. The Morgan fingerprint density at radius 3 is 2.00 bits per heavy atom. The molecule has 0 aliphatic carbocycles. The molecular formula is C18H21NO. The molecule has 0 aromatic heterocycles. The number of hydrogen-bond donors (Lipinski definition) is 0. The summed E-state index contributed by atoms with van der Waals surface area (Å²) in [6, 6.07) is 21.4. The lowest BCUT2D eigenvalue weighted by Crippen LogP contribution is -2.43. The van der Waals surface area contributed by atoms with Crippen molar-refractivity contribution >= 4 is 0 Å². The van der Waals surface area contributed by atoms with Crippen molar-refractivity contribution in [1.29, 1.82) is 0 Å². The fraction of sp³-hybridized carbons (Fsp3) is 0.333. The highest BCUT2D eigenvalue weighted by Gasteiger charge is 2.29. The number of ether oxygens (including phenoxy) is 1. The van der Waals surface area contributed by atoms with Crippen molar-refractivity contribution in [1.82, 2.24) is 4.90 Å². The second-order valence-electron chi connectivity index (χ2n) is 5.47. The Bertz CT molecular complexity index is 486. The molecule has 3 rings (SSSR count). The van der Waals surface area contributed by atoms with Crippen molar-refractivity contribution in [2.24, 2.45) is 0 Å². The fourth-order valence-electron chi connectivity index (χ4n) is 2.96. The monoisotopic (exact) mass is 267 g/mol. The van der Waals surface area contributed by atoms with Gasteiger partial charge in [0.25, 0.3) is 0 Å². The summed E-state index contributed by atoms with van der Waals surface area (Å²) in [5.74, 6) is 0.306. The van der Waals surface area contributed by atoms with Gasteiger partial charge in [0.1, 0.15) is 0 Å². The van der Waals surface area contributed by atoms with Crippen LogP contribution in [0.3, 0.4) is 0 Å². The minimum atomic E-state index is 0.221. The maximum absolute atomic E-state index is 6.08. The Labute approximate surface area is 121 Å².